The lowest BCUT2D eigenvalue weighted by Crippen LogP contribution is -2.39. The molecule has 0 saturated carbocycles. The molecule has 4 heteroatoms. The molecule has 0 aliphatic carbocycles. The van der Waals surface area contributed by atoms with Crippen LogP contribution in [0.1, 0.15) is 5.56 Å². The summed E-state index contributed by atoms with van der Waals surface area (Å²) in [4.78, 5) is 2.44. The van der Waals surface area contributed by atoms with E-state index >= 15 is 0 Å². The van der Waals surface area contributed by atoms with Crippen molar-refractivity contribution < 1.29 is 4.74 Å². The zero-order chi connectivity index (χ0) is 12.1. The van der Waals surface area contributed by atoms with Crippen LogP contribution in [0, 0.1) is 10.5 Å². The number of benzene rings is 1. The van der Waals surface area contributed by atoms with Gasteiger partial charge in [0.05, 0.1) is 13.2 Å². The van der Waals surface area contributed by atoms with Gasteiger partial charge < -0.3 is 10.1 Å². The minimum atomic E-state index is 0.877. The van der Waals surface area contributed by atoms with Crippen molar-refractivity contribution in [3.8, 4) is 0 Å². The SMILES string of the molecule is Cc1c(I)cccc1NCCN1CCOCC1. The van der Waals surface area contributed by atoms with E-state index in [0.29, 0.717) is 0 Å². The van der Waals surface area contributed by atoms with E-state index in [-0.39, 0.29) is 0 Å². The van der Waals surface area contributed by atoms with Crippen molar-refractivity contribution in [2.45, 2.75) is 6.92 Å². The zero-order valence-electron chi connectivity index (χ0n) is 10.2. The molecule has 1 aliphatic heterocycles. The predicted molar refractivity (Wildman–Crippen MR) is 79.6 cm³/mol. The van der Waals surface area contributed by atoms with E-state index in [0.717, 1.165) is 39.4 Å². The summed E-state index contributed by atoms with van der Waals surface area (Å²) >= 11 is 2.38. The molecule has 1 aliphatic rings. The molecular weight excluding hydrogens is 327 g/mol. The minimum Gasteiger partial charge on any atom is -0.384 e. The van der Waals surface area contributed by atoms with Gasteiger partial charge in [0, 0.05) is 35.4 Å². The van der Waals surface area contributed by atoms with Crippen LogP contribution in [0.25, 0.3) is 0 Å². The Morgan fingerprint density at radius 2 is 2.12 bits per heavy atom. The van der Waals surface area contributed by atoms with E-state index in [1.54, 1.807) is 0 Å². The molecular formula is C13H19IN2O. The van der Waals surface area contributed by atoms with Gasteiger partial charge in [-0.15, -0.1) is 0 Å². The Kier molecular flexibility index (Phi) is 5.06. The van der Waals surface area contributed by atoms with Crippen LogP contribution in [0.3, 0.4) is 0 Å². The molecule has 1 heterocycles. The van der Waals surface area contributed by atoms with Crippen LogP contribution >= 0.6 is 22.6 Å². The predicted octanol–water partition coefficient (Wildman–Crippen LogP) is 2.34. The van der Waals surface area contributed by atoms with Crippen molar-refractivity contribution in [2.24, 2.45) is 0 Å². The van der Waals surface area contributed by atoms with Crippen molar-refractivity contribution in [3.63, 3.8) is 0 Å². The summed E-state index contributed by atoms with van der Waals surface area (Å²) in [6, 6.07) is 6.39. The summed E-state index contributed by atoms with van der Waals surface area (Å²) in [7, 11) is 0. The Morgan fingerprint density at radius 1 is 1.35 bits per heavy atom. The van der Waals surface area contributed by atoms with Gasteiger partial charge >= 0.3 is 0 Å². The topological polar surface area (TPSA) is 24.5 Å². The fourth-order valence-corrected chi connectivity index (χ4v) is 2.47. The van der Waals surface area contributed by atoms with Crippen molar-refractivity contribution in [1.29, 1.82) is 0 Å². The summed E-state index contributed by atoms with van der Waals surface area (Å²) < 4.78 is 6.65. The summed E-state index contributed by atoms with van der Waals surface area (Å²) in [5, 5.41) is 3.51. The quantitative estimate of drug-likeness (QED) is 0.847. The first-order chi connectivity index (χ1) is 8.27. The van der Waals surface area contributed by atoms with Crippen LogP contribution in [-0.2, 0) is 4.74 Å². The molecule has 0 spiro atoms. The van der Waals surface area contributed by atoms with Crippen LogP contribution in [0.15, 0.2) is 18.2 Å². The fraction of sp³-hybridized carbons (Fsp3) is 0.538. The van der Waals surface area contributed by atoms with Crippen LogP contribution in [0.2, 0.25) is 0 Å². The molecule has 1 N–H and O–H groups in total. The van der Waals surface area contributed by atoms with Gasteiger partial charge in [-0.3, -0.25) is 4.90 Å². The number of nitrogens with one attached hydrogen (secondary N) is 1. The highest BCUT2D eigenvalue weighted by molar-refractivity contribution is 14.1. The first kappa shape index (κ1) is 13.1. The largest absolute Gasteiger partial charge is 0.384 e. The molecule has 0 aromatic heterocycles. The van der Waals surface area contributed by atoms with Crippen molar-refractivity contribution in [2.75, 3.05) is 44.7 Å². The number of anilines is 1. The molecule has 3 nitrogen and oxygen atoms in total. The molecule has 0 atom stereocenters. The van der Waals surface area contributed by atoms with Gasteiger partial charge in [0.2, 0.25) is 0 Å². The second-order valence-corrected chi connectivity index (χ2v) is 5.46. The Bertz CT molecular complexity index is 364. The van der Waals surface area contributed by atoms with Crippen LogP contribution in [0.4, 0.5) is 5.69 Å². The number of morpholine rings is 1. The molecule has 0 unspecified atom stereocenters. The number of rotatable bonds is 4. The monoisotopic (exact) mass is 346 g/mol. The fourth-order valence-electron chi connectivity index (χ4n) is 1.97. The number of ether oxygens (including phenoxy) is 1. The summed E-state index contributed by atoms with van der Waals surface area (Å²) in [6.45, 7) is 8.14. The van der Waals surface area contributed by atoms with Gasteiger partial charge in [0.25, 0.3) is 0 Å². The van der Waals surface area contributed by atoms with E-state index in [1.807, 2.05) is 0 Å². The van der Waals surface area contributed by atoms with E-state index < -0.39 is 0 Å². The highest BCUT2D eigenvalue weighted by Crippen LogP contribution is 2.19. The second kappa shape index (κ2) is 6.56. The Morgan fingerprint density at radius 3 is 2.88 bits per heavy atom. The number of halogens is 1. The maximum absolute atomic E-state index is 5.34. The van der Waals surface area contributed by atoms with E-state index in [4.69, 9.17) is 4.74 Å². The summed E-state index contributed by atoms with van der Waals surface area (Å²) in [5.41, 5.74) is 2.60. The van der Waals surface area contributed by atoms with Gasteiger partial charge in [-0.1, -0.05) is 6.07 Å². The highest BCUT2D eigenvalue weighted by Gasteiger charge is 2.09. The van der Waals surface area contributed by atoms with Crippen LogP contribution in [0.5, 0.6) is 0 Å². The molecule has 1 aromatic carbocycles. The van der Waals surface area contributed by atoms with Crippen LogP contribution in [-0.4, -0.2) is 44.3 Å². The van der Waals surface area contributed by atoms with E-state index in [1.165, 1.54) is 14.8 Å². The van der Waals surface area contributed by atoms with Gasteiger partial charge in [-0.05, 0) is 47.2 Å². The molecule has 1 fully saturated rings. The number of hydrogen-bond acceptors (Lipinski definition) is 3. The first-order valence-corrected chi connectivity index (χ1v) is 7.14. The zero-order valence-corrected chi connectivity index (χ0v) is 12.4. The summed E-state index contributed by atoms with van der Waals surface area (Å²) in [5.74, 6) is 0. The first-order valence-electron chi connectivity index (χ1n) is 6.06. The molecule has 2 rings (SSSR count). The second-order valence-electron chi connectivity index (χ2n) is 4.29. The maximum atomic E-state index is 5.34. The van der Waals surface area contributed by atoms with Crippen molar-refractivity contribution >= 4 is 28.3 Å². The maximum Gasteiger partial charge on any atom is 0.0594 e. The lowest BCUT2D eigenvalue weighted by atomic mass is 10.2. The lowest BCUT2D eigenvalue weighted by molar-refractivity contribution is 0.0398. The third kappa shape index (κ3) is 3.82. The third-order valence-corrected chi connectivity index (χ3v) is 4.28. The Hall–Kier alpha value is -0.330. The number of hydrogen-bond donors (Lipinski definition) is 1. The summed E-state index contributed by atoms with van der Waals surface area (Å²) in [6.07, 6.45) is 0. The van der Waals surface area contributed by atoms with Crippen LogP contribution < -0.4 is 5.32 Å². The van der Waals surface area contributed by atoms with Gasteiger partial charge in [-0.2, -0.15) is 0 Å². The molecule has 0 radical (unpaired) electrons. The molecule has 0 amide bonds. The molecule has 17 heavy (non-hydrogen) atoms. The van der Waals surface area contributed by atoms with Crippen molar-refractivity contribution in [1.82, 2.24) is 4.90 Å². The van der Waals surface area contributed by atoms with E-state index in [2.05, 4.69) is 57.9 Å². The molecule has 94 valence electrons. The van der Waals surface area contributed by atoms with Crippen molar-refractivity contribution in [3.05, 3.63) is 27.3 Å². The molecule has 0 bridgehead atoms. The Balaban J connectivity index is 1.79. The highest BCUT2D eigenvalue weighted by atomic mass is 127. The molecule has 1 saturated heterocycles. The van der Waals surface area contributed by atoms with Gasteiger partial charge in [0.1, 0.15) is 0 Å². The Labute approximate surface area is 117 Å². The third-order valence-electron chi connectivity index (χ3n) is 3.11. The van der Waals surface area contributed by atoms with E-state index in [9.17, 15) is 0 Å². The van der Waals surface area contributed by atoms with Gasteiger partial charge in [-0.25, -0.2) is 0 Å². The van der Waals surface area contributed by atoms with Gasteiger partial charge in [0.15, 0.2) is 0 Å². The number of nitrogens with zero attached hydrogens (tertiary/aromatic N) is 1. The smallest absolute Gasteiger partial charge is 0.0594 e. The normalized spacial score (nSPS) is 17.1. The average Bonchev–Trinajstić information content (AvgIpc) is 2.36. The average molecular weight is 346 g/mol. The molecule has 1 aromatic rings. The lowest BCUT2D eigenvalue weighted by Gasteiger charge is -2.26. The standard InChI is InChI=1S/C13H19IN2O/c1-11-12(14)3-2-4-13(11)15-5-6-16-7-9-17-10-8-16/h2-4,15H,5-10H2,1H3. The minimum absolute atomic E-state index is 0.877.